The molecule has 5 heteroatoms. The molecule has 2 rings (SSSR count). The number of rotatable bonds is 3. The standard InChI is InChI=1S/C11H12N4O/c12-10(16)3-1-2-7-4-5-8-9(6-7)14-15-11(8)13/h1-2,4-6H,3H2,(H2,12,16)(H3,13,14,15). The van der Waals surface area contributed by atoms with E-state index >= 15 is 0 Å². The lowest BCUT2D eigenvalue weighted by molar-refractivity contribution is -0.117. The van der Waals surface area contributed by atoms with Crippen LogP contribution in [0.25, 0.3) is 17.0 Å². The number of carbonyl (C=O) groups excluding carboxylic acids is 1. The molecule has 5 nitrogen and oxygen atoms in total. The van der Waals surface area contributed by atoms with E-state index in [1.165, 1.54) is 0 Å². The number of amides is 1. The third kappa shape index (κ3) is 2.03. The van der Waals surface area contributed by atoms with Crippen LogP contribution in [0, 0.1) is 0 Å². The van der Waals surface area contributed by atoms with E-state index in [0.29, 0.717) is 5.82 Å². The molecular weight excluding hydrogens is 204 g/mol. The molecule has 0 aliphatic rings. The van der Waals surface area contributed by atoms with Gasteiger partial charge in [-0.1, -0.05) is 18.2 Å². The smallest absolute Gasteiger partial charge is 0.221 e. The number of carbonyl (C=O) groups is 1. The lowest BCUT2D eigenvalue weighted by Gasteiger charge is -1.94. The molecule has 0 aliphatic carbocycles. The van der Waals surface area contributed by atoms with Gasteiger partial charge in [-0.2, -0.15) is 5.10 Å². The van der Waals surface area contributed by atoms with Crippen molar-refractivity contribution in [3.05, 3.63) is 29.8 Å². The Morgan fingerprint density at radius 2 is 2.31 bits per heavy atom. The van der Waals surface area contributed by atoms with Gasteiger partial charge in [0.1, 0.15) is 0 Å². The highest BCUT2D eigenvalue weighted by Gasteiger charge is 2.00. The Bertz CT molecular complexity index is 556. The third-order valence-corrected chi connectivity index (χ3v) is 2.25. The highest BCUT2D eigenvalue weighted by molar-refractivity contribution is 5.90. The molecule has 0 aliphatic heterocycles. The SMILES string of the molecule is NC(=O)CC=Cc1ccc2c(N)n[nH]c2c1. The van der Waals surface area contributed by atoms with Gasteiger partial charge in [-0.3, -0.25) is 9.89 Å². The summed E-state index contributed by atoms with van der Waals surface area (Å²) < 4.78 is 0. The number of benzene rings is 1. The number of nitrogens with zero attached hydrogens (tertiary/aromatic N) is 1. The van der Waals surface area contributed by atoms with Gasteiger partial charge in [-0.15, -0.1) is 0 Å². The maximum Gasteiger partial charge on any atom is 0.221 e. The zero-order valence-electron chi connectivity index (χ0n) is 8.60. The van der Waals surface area contributed by atoms with Crippen LogP contribution in [0.4, 0.5) is 5.82 Å². The second-order valence-electron chi connectivity index (χ2n) is 3.49. The topological polar surface area (TPSA) is 97.8 Å². The molecule has 0 bridgehead atoms. The van der Waals surface area contributed by atoms with Crippen molar-refractivity contribution in [2.45, 2.75) is 6.42 Å². The largest absolute Gasteiger partial charge is 0.382 e. The number of aromatic nitrogens is 2. The van der Waals surface area contributed by atoms with Gasteiger partial charge < -0.3 is 11.5 Å². The molecule has 5 N–H and O–H groups in total. The summed E-state index contributed by atoms with van der Waals surface area (Å²) in [6, 6.07) is 5.71. The third-order valence-electron chi connectivity index (χ3n) is 2.25. The molecule has 1 aromatic heterocycles. The highest BCUT2D eigenvalue weighted by Crippen LogP contribution is 2.19. The number of nitrogens with one attached hydrogen (secondary N) is 1. The van der Waals surface area contributed by atoms with Crippen LogP contribution in [0.15, 0.2) is 24.3 Å². The van der Waals surface area contributed by atoms with Crippen molar-refractivity contribution in [3.8, 4) is 0 Å². The number of nitrogens with two attached hydrogens (primary N) is 2. The van der Waals surface area contributed by atoms with Crippen LogP contribution in [-0.4, -0.2) is 16.1 Å². The summed E-state index contributed by atoms with van der Waals surface area (Å²) in [5.74, 6) is 0.144. The predicted octanol–water partition coefficient (Wildman–Crippen LogP) is 1.03. The summed E-state index contributed by atoms with van der Waals surface area (Å²) in [6.45, 7) is 0. The van der Waals surface area contributed by atoms with Gasteiger partial charge in [0.2, 0.25) is 5.91 Å². The zero-order chi connectivity index (χ0) is 11.5. The minimum Gasteiger partial charge on any atom is -0.382 e. The van der Waals surface area contributed by atoms with Gasteiger partial charge in [-0.25, -0.2) is 0 Å². The molecule has 82 valence electrons. The second kappa shape index (κ2) is 4.06. The summed E-state index contributed by atoms with van der Waals surface area (Å²) in [7, 11) is 0. The van der Waals surface area contributed by atoms with Crippen LogP contribution in [0.1, 0.15) is 12.0 Å². The molecule has 1 aromatic carbocycles. The molecule has 0 fully saturated rings. The highest BCUT2D eigenvalue weighted by atomic mass is 16.1. The van der Waals surface area contributed by atoms with Crippen molar-refractivity contribution in [2.75, 3.05) is 5.73 Å². The maximum absolute atomic E-state index is 10.5. The Balaban J connectivity index is 2.26. The Kier molecular flexibility index (Phi) is 2.59. The molecule has 0 atom stereocenters. The second-order valence-corrected chi connectivity index (χ2v) is 3.49. The van der Waals surface area contributed by atoms with Crippen LogP contribution in [0.3, 0.4) is 0 Å². The zero-order valence-corrected chi connectivity index (χ0v) is 8.60. The van der Waals surface area contributed by atoms with Crippen molar-refractivity contribution in [1.82, 2.24) is 10.2 Å². The van der Waals surface area contributed by atoms with Crippen molar-refractivity contribution in [2.24, 2.45) is 5.73 Å². The van der Waals surface area contributed by atoms with E-state index in [-0.39, 0.29) is 12.3 Å². The Morgan fingerprint density at radius 1 is 1.50 bits per heavy atom. The van der Waals surface area contributed by atoms with Gasteiger partial charge in [-0.05, 0) is 17.7 Å². The van der Waals surface area contributed by atoms with E-state index in [2.05, 4.69) is 10.2 Å². The van der Waals surface area contributed by atoms with Gasteiger partial charge in [0.05, 0.1) is 5.52 Å². The number of anilines is 1. The van der Waals surface area contributed by atoms with Crippen LogP contribution >= 0.6 is 0 Å². The first kappa shape index (κ1) is 10.2. The average Bonchev–Trinajstić information content (AvgIpc) is 2.60. The number of aromatic amines is 1. The van der Waals surface area contributed by atoms with Gasteiger partial charge in [0.15, 0.2) is 5.82 Å². The first-order valence-electron chi connectivity index (χ1n) is 4.85. The fourth-order valence-electron chi connectivity index (χ4n) is 1.47. The van der Waals surface area contributed by atoms with E-state index < -0.39 is 0 Å². The molecule has 16 heavy (non-hydrogen) atoms. The summed E-state index contributed by atoms with van der Waals surface area (Å²) in [4.78, 5) is 10.5. The van der Waals surface area contributed by atoms with Crippen molar-refractivity contribution >= 4 is 28.7 Å². The average molecular weight is 216 g/mol. The van der Waals surface area contributed by atoms with E-state index in [4.69, 9.17) is 11.5 Å². The molecular formula is C11H12N4O. The fourth-order valence-corrected chi connectivity index (χ4v) is 1.47. The number of H-pyrrole nitrogens is 1. The van der Waals surface area contributed by atoms with Crippen molar-refractivity contribution in [3.63, 3.8) is 0 Å². The molecule has 1 heterocycles. The summed E-state index contributed by atoms with van der Waals surface area (Å²) >= 11 is 0. The molecule has 0 spiro atoms. The molecule has 2 aromatic rings. The lowest BCUT2D eigenvalue weighted by Crippen LogP contribution is -2.07. The number of primary amides is 1. The van der Waals surface area contributed by atoms with Gasteiger partial charge in [0.25, 0.3) is 0 Å². The summed E-state index contributed by atoms with van der Waals surface area (Å²) in [5, 5.41) is 7.62. The summed E-state index contributed by atoms with van der Waals surface area (Å²) in [5.41, 5.74) is 12.5. The summed E-state index contributed by atoms with van der Waals surface area (Å²) in [6.07, 6.45) is 3.80. The number of hydrogen-bond donors (Lipinski definition) is 3. The lowest BCUT2D eigenvalue weighted by atomic mass is 10.1. The minimum absolute atomic E-state index is 0.239. The van der Waals surface area contributed by atoms with Crippen LogP contribution < -0.4 is 11.5 Å². The minimum atomic E-state index is -0.344. The number of nitrogen functional groups attached to an aromatic ring is 1. The normalized spacial score (nSPS) is 11.2. The van der Waals surface area contributed by atoms with Crippen LogP contribution in [0.2, 0.25) is 0 Å². The van der Waals surface area contributed by atoms with E-state index in [0.717, 1.165) is 16.5 Å². The molecule has 0 saturated heterocycles. The van der Waals surface area contributed by atoms with E-state index in [9.17, 15) is 4.79 Å². The van der Waals surface area contributed by atoms with E-state index in [1.54, 1.807) is 6.08 Å². The first-order chi connectivity index (χ1) is 7.66. The molecule has 0 radical (unpaired) electrons. The van der Waals surface area contributed by atoms with E-state index in [1.807, 2.05) is 24.3 Å². The van der Waals surface area contributed by atoms with Gasteiger partial charge in [0, 0.05) is 11.8 Å². The quantitative estimate of drug-likeness (QED) is 0.714. The van der Waals surface area contributed by atoms with Crippen LogP contribution in [-0.2, 0) is 4.79 Å². The monoisotopic (exact) mass is 216 g/mol. The van der Waals surface area contributed by atoms with Crippen molar-refractivity contribution in [1.29, 1.82) is 0 Å². The number of fused-ring (bicyclic) bond motifs is 1. The number of hydrogen-bond acceptors (Lipinski definition) is 3. The van der Waals surface area contributed by atoms with Gasteiger partial charge >= 0.3 is 0 Å². The molecule has 0 unspecified atom stereocenters. The molecule has 1 amide bonds. The maximum atomic E-state index is 10.5. The fraction of sp³-hybridized carbons (Fsp3) is 0.0909. The Morgan fingerprint density at radius 3 is 3.06 bits per heavy atom. The Labute approximate surface area is 92.1 Å². The Hall–Kier alpha value is -2.30. The van der Waals surface area contributed by atoms with Crippen LogP contribution in [0.5, 0.6) is 0 Å². The molecule has 0 saturated carbocycles. The first-order valence-corrected chi connectivity index (χ1v) is 4.85. The van der Waals surface area contributed by atoms with Crippen molar-refractivity contribution < 1.29 is 4.79 Å². The predicted molar refractivity (Wildman–Crippen MR) is 63.4 cm³/mol.